The van der Waals surface area contributed by atoms with Crippen molar-refractivity contribution in [3.63, 3.8) is 0 Å². The number of carbonyl (C=O) groups excluding carboxylic acids is 2. The fraction of sp³-hybridized carbons (Fsp3) is 0.318. The summed E-state index contributed by atoms with van der Waals surface area (Å²) >= 11 is 0. The highest BCUT2D eigenvalue weighted by atomic mass is 32.2. The second-order valence-corrected chi connectivity index (χ2v) is 10.3. The molecule has 0 N–H and O–H groups in total. The Morgan fingerprint density at radius 3 is 2.17 bits per heavy atom. The number of hydrogen-bond donors (Lipinski definition) is 0. The van der Waals surface area contributed by atoms with Crippen molar-refractivity contribution in [1.29, 1.82) is 5.26 Å². The van der Waals surface area contributed by atoms with Gasteiger partial charge in [0.1, 0.15) is 10.1 Å². The highest BCUT2D eigenvalue weighted by Crippen LogP contribution is 2.48. The van der Waals surface area contributed by atoms with Crippen LogP contribution in [0, 0.1) is 11.3 Å². The minimum Gasteiger partial charge on any atom is -0.451 e. The number of rotatable bonds is 5. The second-order valence-electron chi connectivity index (χ2n) is 7.69. The molecular formula is C22H20N2O5S. The summed E-state index contributed by atoms with van der Waals surface area (Å²) in [5.41, 5.74) is 1.43. The number of benzene rings is 2. The molecule has 8 heteroatoms. The van der Waals surface area contributed by atoms with Gasteiger partial charge < -0.3 is 9.64 Å². The Bertz CT molecular complexity index is 1090. The predicted molar refractivity (Wildman–Crippen MR) is 107 cm³/mol. The third-order valence-electron chi connectivity index (χ3n) is 5.90. The molecule has 1 amide bonds. The summed E-state index contributed by atoms with van der Waals surface area (Å²) in [5, 5.41) is 8.17. The average molecular weight is 424 g/mol. The van der Waals surface area contributed by atoms with Crippen LogP contribution >= 0.6 is 0 Å². The first kappa shape index (κ1) is 20.1. The van der Waals surface area contributed by atoms with Gasteiger partial charge in [-0.1, -0.05) is 60.7 Å². The topological polar surface area (TPSA) is 105 Å². The van der Waals surface area contributed by atoms with Crippen LogP contribution in [0.15, 0.2) is 60.7 Å². The molecule has 2 aromatic carbocycles. The van der Waals surface area contributed by atoms with Crippen LogP contribution in [0.25, 0.3) is 0 Å². The molecule has 30 heavy (non-hydrogen) atoms. The zero-order valence-corrected chi connectivity index (χ0v) is 17.1. The van der Waals surface area contributed by atoms with E-state index in [1.165, 1.54) is 6.92 Å². The molecule has 2 aliphatic heterocycles. The Labute approximate surface area is 174 Å². The normalized spacial score (nSPS) is 26.6. The molecule has 0 spiro atoms. The molecule has 154 valence electrons. The average Bonchev–Trinajstić information content (AvgIpc) is 2.88. The van der Waals surface area contributed by atoms with E-state index in [-0.39, 0.29) is 6.42 Å². The molecule has 3 atom stereocenters. The number of sulfone groups is 1. The van der Waals surface area contributed by atoms with Gasteiger partial charge >= 0.3 is 5.97 Å². The van der Waals surface area contributed by atoms with E-state index in [1.54, 1.807) is 0 Å². The van der Waals surface area contributed by atoms with Gasteiger partial charge in [-0.15, -0.1) is 0 Å². The first-order valence-electron chi connectivity index (χ1n) is 9.53. The summed E-state index contributed by atoms with van der Waals surface area (Å²) < 4.78 is 30.1. The van der Waals surface area contributed by atoms with Crippen LogP contribution in [0.4, 0.5) is 0 Å². The quantitative estimate of drug-likeness (QED) is 0.539. The minimum absolute atomic E-state index is 0.173. The number of ether oxygens (including phenoxy) is 1. The van der Waals surface area contributed by atoms with E-state index in [0.717, 1.165) is 4.90 Å². The lowest BCUT2D eigenvalue weighted by molar-refractivity contribution is -0.164. The van der Waals surface area contributed by atoms with Crippen molar-refractivity contribution < 1.29 is 22.7 Å². The molecule has 7 nitrogen and oxygen atoms in total. The van der Waals surface area contributed by atoms with Crippen LogP contribution in [0.1, 0.15) is 37.0 Å². The Morgan fingerprint density at radius 1 is 1.17 bits per heavy atom. The number of nitrogens with zero attached hydrogens (tertiary/aromatic N) is 2. The van der Waals surface area contributed by atoms with E-state index in [0.29, 0.717) is 11.1 Å². The fourth-order valence-corrected chi connectivity index (χ4v) is 6.52. The lowest BCUT2D eigenvalue weighted by atomic mass is 9.93. The molecule has 2 aromatic rings. The van der Waals surface area contributed by atoms with Crippen molar-refractivity contribution in [2.75, 3.05) is 0 Å². The van der Waals surface area contributed by atoms with Gasteiger partial charge in [-0.3, -0.25) is 4.79 Å². The minimum atomic E-state index is -3.90. The van der Waals surface area contributed by atoms with Crippen LogP contribution < -0.4 is 0 Å². The summed E-state index contributed by atoms with van der Waals surface area (Å²) in [7, 11) is -3.90. The predicted octanol–water partition coefficient (Wildman–Crippen LogP) is 2.35. The molecule has 0 saturated carbocycles. The van der Waals surface area contributed by atoms with Gasteiger partial charge in [-0.2, -0.15) is 5.26 Å². The maximum atomic E-state index is 13.3. The van der Waals surface area contributed by atoms with Crippen LogP contribution in [-0.2, 0) is 24.2 Å². The molecule has 0 aromatic heterocycles. The molecule has 0 unspecified atom stereocenters. The largest absolute Gasteiger partial charge is 0.451 e. The lowest BCUT2D eigenvalue weighted by Crippen LogP contribution is -2.57. The zero-order chi connectivity index (χ0) is 21.5. The molecule has 0 bridgehead atoms. The Morgan fingerprint density at radius 2 is 1.70 bits per heavy atom. The number of carbonyl (C=O) groups is 2. The highest BCUT2D eigenvalue weighted by molar-refractivity contribution is 7.93. The van der Waals surface area contributed by atoms with E-state index < -0.39 is 50.4 Å². The Kier molecular flexibility index (Phi) is 4.86. The van der Waals surface area contributed by atoms with Gasteiger partial charge in [0.25, 0.3) is 0 Å². The molecule has 4 rings (SSSR count). The number of esters is 1. The van der Waals surface area contributed by atoms with Crippen molar-refractivity contribution in [3.8, 4) is 6.07 Å². The van der Waals surface area contributed by atoms with E-state index in [4.69, 9.17) is 4.74 Å². The first-order valence-corrected chi connectivity index (χ1v) is 11.1. The van der Waals surface area contributed by atoms with E-state index in [9.17, 15) is 23.3 Å². The van der Waals surface area contributed by atoms with Gasteiger partial charge in [0, 0.05) is 0 Å². The van der Waals surface area contributed by atoms with E-state index in [1.807, 2.05) is 66.7 Å². The maximum absolute atomic E-state index is 13.3. The molecule has 2 heterocycles. The van der Waals surface area contributed by atoms with Crippen molar-refractivity contribution >= 4 is 21.7 Å². The monoisotopic (exact) mass is 424 g/mol. The molecule has 2 fully saturated rings. The number of nitriles is 1. The maximum Gasteiger partial charge on any atom is 0.331 e. The standard InChI is InChI=1S/C22H20N2O5S/c1-22(12-13-23)20(24-17(25)14-18(24)30(22,27)28)21(26)29-19(15-8-4-2-5-9-15)16-10-6-3-7-11-16/h2-11,18-20H,12,14H2,1H3/t18-,20+,22+/m1/s1. The van der Waals surface area contributed by atoms with Crippen LogP contribution in [0.3, 0.4) is 0 Å². The lowest BCUT2D eigenvalue weighted by Gasteiger charge is -2.37. The molecular weight excluding hydrogens is 404 g/mol. The highest BCUT2D eigenvalue weighted by Gasteiger charge is 2.70. The molecule has 0 radical (unpaired) electrons. The van der Waals surface area contributed by atoms with Crippen molar-refractivity contribution in [2.45, 2.75) is 42.0 Å². The van der Waals surface area contributed by atoms with Gasteiger partial charge in [-0.25, -0.2) is 13.2 Å². The number of fused-ring (bicyclic) bond motifs is 1. The Balaban J connectivity index is 1.73. The van der Waals surface area contributed by atoms with Crippen molar-refractivity contribution in [3.05, 3.63) is 71.8 Å². The number of β-lactam (4-membered cyclic amide) rings is 1. The van der Waals surface area contributed by atoms with Crippen LogP contribution in [-0.4, -0.2) is 41.4 Å². The van der Waals surface area contributed by atoms with E-state index in [2.05, 4.69) is 0 Å². The molecule has 2 saturated heterocycles. The van der Waals surface area contributed by atoms with Crippen molar-refractivity contribution in [2.24, 2.45) is 0 Å². The van der Waals surface area contributed by atoms with Gasteiger partial charge in [0.05, 0.1) is 18.9 Å². The third kappa shape index (κ3) is 2.89. The second kappa shape index (κ2) is 7.26. The van der Waals surface area contributed by atoms with Gasteiger partial charge in [-0.05, 0) is 18.1 Å². The summed E-state index contributed by atoms with van der Waals surface area (Å²) in [5.74, 6) is -1.26. The van der Waals surface area contributed by atoms with Crippen LogP contribution in [0.2, 0.25) is 0 Å². The first-order chi connectivity index (χ1) is 14.3. The summed E-state index contributed by atoms with van der Waals surface area (Å²) in [4.78, 5) is 26.6. The summed E-state index contributed by atoms with van der Waals surface area (Å²) in [6.07, 6.45) is -1.35. The van der Waals surface area contributed by atoms with Crippen LogP contribution in [0.5, 0.6) is 0 Å². The summed E-state index contributed by atoms with van der Waals surface area (Å²) in [6.45, 7) is 1.35. The van der Waals surface area contributed by atoms with Crippen molar-refractivity contribution in [1.82, 2.24) is 4.90 Å². The smallest absolute Gasteiger partial charge is 0.331 e. The third-order valence-corrected chi connectivity index (χ3v) is 8.68. The van der Waals surface area contributed by atoms with Gasteiger partial charge in [0.15, 0.2) is 22.0 Å². The van der Waals surface area contributed by atoms with E-state index >= 15 is 0 Å². The Hall–Kier alpha value is -3.18. The SMILES string of the molecule is C[C@]1(CC#N)[C@H](C(=O)OC(c2ccccc2)c2ccccc2)N2C(=O)C[C@H]2S1(=O)=O. The molecule has 0 aliphatic carbocycles. The van der Waals surface area contributed by atoms with Gasteiger partial charge in [0.2, 0.25) is 5.91 Å². The zero-order valence-electron chi connectivity index (χ0n) is 16.3. The number of amides is 1. The summed E-state index contributed by atoms with van der Waals surface area (Å²) in [6, 6.07) is 18.7. The fourth-order valence-electron chi connectivity index (χ4n) is 4.21. The molecule has 2 aliphatic rings. The number of hydrogen-bond acceptors (Lipinski definition) is 6.